The smallest absolute Gasteiger partial charge is 0.296 e. The minimum absolute atomic E-state index is 0.0187. The van der Waals surface area contributed by atoms with Gasteiger partial charge in [-0.05, 0) is 114 Å². The van der Waals surface area contributed by atoms with Gasteiger partial charge in [0.1, 0.15) is 43.8 Å². The molecule has 0 saturated carbocycles. The molecule has 10 aromatic rings. The maximum atomic E-state index is 14.6. The number of fused-ring (bicyclic) bond motifs is 21. The number of hydrogen-bond acceptors (Lipinski definition) is 23. The normalized spacial score (nSPS) is 13.4. The first-order chi connectivity index (χ1) is 40.5. The summed E-state index contributed by atoms with van der Waals surface area (Å²) in [7, 11) is -34.8. The highest BCUT2D eigenvalue weighted by atomic mass is 32.2. The van der Waals surface area contributed by atoms with E-state index in [1.165, 1.54) is 36.4 Å². The van der Waals surface area contributed by atoms with Crippen LogP contribution in [0, 0.1) is 0 Å². The van der Waals surface area contributed by atoms with Gasteiger partial charge in [0.05, 0.1) is 30.2 Å². The number of aromatic hydroxyl groups is 1. The van der Waals surface area contributed by atoms with Crippen molar-refractivity contribution in [3.63, 3.8) is 0 Å². The molecule has 38 heteroatoms. The van der Waals surface area contributed by atoms with E-state index in [1.807, 2.05) is 0 Å². The van der Waals surface area contributed by atoms with Gasteiger partial charge in [0.2, 0.25) is 0 Å². The van der Waals surface area contributed by atoms with Crippen LogP contribution in [0.3, 0.4) is 0 Å². The van der Waals surface area contributed by atoms with Gasteiger partial charge < -0.3 is 15.1 Å². The molecule has 0 atom stereocenters. The minimum atomic E-state index is -5.41. The number of sulfone groups is 1. The largest absolute Gasteiger partial charge is 0.505 e. The second kappa shape index (κ2) is 19.8. The SMILES string of the molecule is O=S(=O)(O)c1ccc(S(=O)(=O)O)c(N=Nc2c(S(=O)(=O)O)cc3cc(CS(=O)(=O)c4ccc5c(c4)-c4nc-5nc5[nH]c(nc6nc(nc7[nH]c(n4)c4cc(S(=O)(=O)O)ccc74)-c4cc(S(=O)(=O)O)ccc4-6)c4cc(S(=O)(=O)O)ccc54)ccc3c2O)c1. The fourth-order valence-electron chi connectivity index (χ4n) is 9.53. The van der Waals surface area contributed by atoms with Gasteiger partial charge >= 0.3 is 0 Å². The lowest BCUT2D eigenvalue weighted by Gasteiger charge is -2.11. The molecule has 0 radical (unpaired) electrons. The molecule has 2 aliphatic heterocycles. The lowest BCUT2D eigenvalue weighted by molar-refractivity contribution is 0.471. The summed E-state index contributed by atoms with van der Waals surface area (Å²) in [5.41, 5.74) is -2.42. The Hall–Kier alpha value is -9.03. The van der Waals surface area contributed by atoms with Crippen molar-refractivity contribution < 1.29 is 91.3 Å². The number of aromatic amines is 2. The van der Waals surface area contributed by atoms with E-state index in [0.29, 0.717) is 18.2 Å². The van der Waals surface area contributed by atoms with Crippen LogP contribution in [0.5, 0.6) is 5.75 Å². The van der Waals surface area contributed by atoms with E-state index < -0.39 is 128 Å². The van der Waals surface area contributed by atoms with Crippen molar-refractivity contribution in [2.45, 2.75) is 40.0 Å². The molecule has 2 aliphatic rings. The van der Waals surface area contributed by atoms with Crippen molar-refractivity contribution >= 4 is 137 Å². The number of H-pyrrole nitrogens is 2. The fourth-order valence-corrected chi connectivity index (χ4v) is 14.2. The van der Waals surface area contributed by atoms with Crippen LogP contribution >= 0.6 is 0 Å². The Morgan fingerprint density at radius 1 is 0.356 bits per heavy atom. The number of aromatic nitrogens is 8. The van der Waals surface area contributed by atoms with E-state index in [0.717, 1.165) is 60.7 Å². The van der Waals surface area contributed by atoms with Crippen LogP contribution in [-0.2, 0) is 76.3 Å². The highest BCUT2D eigenvalue weighted by Gasteiger charge is 2.29. The molecule has 0 fully saturated rings. The number of nitrogens with zero attached hydrogens (tertiary/aromatic N) is 8. The maximum absolute atomic E-state index is 14.6. The van der Waals surface area contributed by atoms with E-state index in [1.54, 1.807) is 0 Å². The van der Waals surface area contributed by atoms with Gasteiger partial charge in [0, 0.05) is 49.2 Å². The standard InChI is InChI=1S/C49H30N10O21S7/c60-41-28-7-1-21(13-22(28)14-39(87(78,79)80)40(41)59-58-37-19-27(85(72,73)74)6-12-38(37)86(75,76)77)20-81(61,62)23-2-8-29-33(15-23)46-51-42(29)50-43-30-9-3-24(82(63,64)65)16-34(30)47(52-43)53-44-31-10-4-25(83(66,67)68)17-35(31)48(54-44)55-45-32-11-5-26(84(69,70)71)18-36(32)49(56-45)57-46/h1-19,60H,20H2,(H,63,64,65)(H,66,67,68)(H,69,70,71)(H,72,73,74)(H,75,76,77)(H,78,79,80)(H2,50,51,52,53,54,55,56,57). The van der Waals surface area contributed by atoms with Gasteiger partial charge in [-0.25, -0.2) is 38.3 Å². The van der Waals surface area contributed by atoms with Gasteiger partial charge in [0.25, 0.3) is 60.7 Å². The lowest BCUT2D eigenvalue weighted by Crippen LogP contribution is -2.05. The third-order valence-corrected chi connectivity index (χ3v) is 20.3. The van der Waals surface area contributed by atoms with Gasteiger partial charge in [0.15, 0.2) is 38.9 Å². The second-order valence-electron chi connectivity index (χ2n) is 19.0. The molecule has 0 amide bonds. The molecule has 0 unspecified atom stereocenters. The minimum Gasteiger partial charge on any atom is -0.505 e. The Labute approximate surface area is 487 Å². The monoisotopic (exact) mass is 1320 g/mol. The van der Waals surface area contributed by atoms with Gasteiger partial charge in [-0.15, -0.1) is 10.2 Å². The van der Waals surface area contributed by atoms with E-state index in [2.05, 4.69) is 40.1 Å². The summed E-state index contributed by atoms with van der Waals surface area (Å²) in [6, 6.07) is 19.5. The summed E-state index contributed by atoms with van der Waals surface area (Å²) >= 11 is 0. The molecule has 0 aliphatic carbocycles. The molecule has 444 valence electrons. The van der Waals surface area contributed by atoms with Gasteiger partial charge in [-0.3, -0.25) is 27.3 Å². The van der Waals surface area contributed by atoms with Crippen molar-refractivity contribution in [1.29, 1.82) is 0 Å². The predicted octanol–water partition coefficient (Wildman–Crippen LogP) is 6.60. The third-order valence-electron chi connectivity index (χ3n) is 13.5. The van der Waals surface area contributed by atoms with Gasteiger partial charge in [-0.2, -0.15) is 50.5 Å². The zero-order valence-corrected chi connectivity index (χ0v) is 48.2. The number of nitrogens with one attached hydrogen (secondary N) is 2. The first kappa shape index (κ1) is 58.4. The van der Waals surface area contributed by atoms with Crippen molar-refractivity contribution in [1.82, 2.24) is 39.9 Å². The van der Waals surface area contributed by atoms with Crippen LogP contribution in [0.1, 0.15) is 5.56 Å². The van der Waals surface area contributed by atoms with Crippen LogP contribution in [0.4, 0.5) is 11.4 Å². The summed E-state index contributed by atoms with van der Waals surface area (Å²) in [5.74, 6) is -2.77. The Balaban J connectivity index is 1.03. The van der Waals surface area contributed by atoms with Crippen molar-refractivity contribution in [2.75, 3.05) is 0 Å². The summed E-state index contributed by atoms with van der Waals surface area (Å²) in [6.07, 6.45) is 0. The molecule has 9 N–H and O–H groups in total. The van der Waals surface area contributed by atoms with Crippen molar-refractivity contribution in [2.24, 2.45) is 10.2 Å². The summed E-state index contributed by atoms with van der Waals surface area (Å²) < 4.78 is 237. The second-order valence-corrected chi connectivity index (χ2v) is 29.5. The molecule has 7 aromatic carbocycles. The molecule has 31 nitrogen and oxygen atoms in total. The third kappa shape index (κ3) is 10.7. The van der Waals surface area contributed by atoms with Crippen LogP contribution in [0.15, 0.2) is 160 Å². The maximum Gasteiger partial charge on any atom is 0.296 e. The topological polar surface area (TPSA) is 514 Å². The molecule has 12 rings (SSSR count). The lowest BCUT2D eigenvalue weighted by atomic mass is 10.1. The number of hydrogen-bond donors (Lipinski definition) is 9. The predicted molar refractivity (Wildman–Crippen MR) is 302 cm³/mol. The molecule has 3 aromatic heterocycles. The Morgan fingerprint density at radius 2 is 0.759 bits per heavy atom. The summed E-state index contributed by atoms with van der Waals surface area (Å²) in [5, 5.41) is 18.2. The highest BCUT2D eigenvalue weighted by molar-refractivity contribution is 7.90. The average molecular weight is 1320 g/mol. The average Bonchev–Trinajstić information content (AvgIpc) is 2.40. The van der Waals surface area contributed by atoms with Gasteiger partial charge in [-0.1, -0.05) is 12.1 Å². The van der Waals surface area contributed by atoms with Crippen molar-refractivity contribution in [3.05, 3.63) is 121 Å². The molecular weight excluding hydrogens is 1290 g/mol. The molecule has 0 saturated heterocycles. The molecule has 5 heterocycles. The highest BCUT2D eigenvalue weighted by Crippen LogP contribution is 2.44. The molecule has 87 heavy (non-hydrogen) atoms. The van der Waals surface area contributed by atoms with E-state index in [9.17, 15) is 91.3 Å². The Bertz CT molecular complexity index is 5900. The molecule has 8 bridgehead atoms. The molecule has 0 spiro atoms. The number of azo groups is 1. The van der Waals surface area contributed by atoms with Crippen molar-refractivity contribution in [3.8, 4) is 51.3 Å². The first-order valence-electron chi connectivity index (χ1n) is 23.8. The number of benzene rings is 7. The van der Waals surface area contributed by atoms with Crippen LogP contribution < -0.4 is 0 Å². The number of phenolic OH excluding ortho intramolecular Hbond substituents is 1. The summed E-state index contributed by atoms with van der Waals surface area (Å²) in [6.45, 7) is 0. The summed E-state index contributed by atoms with van der Waals surface area (Å²) in [4.78, 5) is 28.5. The quantitative estimate of drug-likeness (QED) is 0.0486. The van der Waals surface area contributed by atoms with E-state index in [4.69, 9.17) is 9.97 Å². The zero-order chi connectivity index (χ0) is 62.5. The number of rotatable bonds is 11. The van der Waals surface area contributed by atoms with E-state index in [-0.39, 0.29) is 106 Å². The fraction of sp³-hybridized carbons (Fsp3) is 0.0204. The Morgan fingerprint density at radius 3 is 1.24 bits per heavy atom. The van der Waals surface area contributed by atoms with E-state index >= 15 is 0 Å². The first-order valence-corrected chi connectivity index (χ1v) is 34.1. The zero-order valence-electron chi connectivity index (χ0n) is 42.5. The van der Waals surface area contributed by atoms with Crippen LogP contribution in [0.2, 0.25) is 0 Å². The Kier molecular flexibility index (Phi) is 13.2. The van der Waals surface area contributed by atoms with Crippen LogP contribution in [0.25, 0.3) is 100 Å². The van der Waals surface area contributed by atoms with Crippen LogP contribution in [-0.4, -0.2) is 131 Å². The number of phenols is 1. The molecular formula is C49H30N10O21S7.